The fraction of sp³-hybridized carbons (Fsp3) is 0.707. The Kier molecular flexibility index (Phi) is 11.8. The molecule has 4 fully saturated rings. The maximum absolute atomic E-state index is 12.9. The highest BCUT2D eigenvalue weighted by Gasteiger charge is 2.70. The summed E-state index contributed by atoms with van der Waals surface area (Å²) in [5.74, 6) is -1.58. The van der Waals surface area contributed by atoms with Crippen molar-refractivity contribution in [3.8, 4) is 0 Å². The largest absolute Gasteiger partial charge is 0.480 e. The van der Waals surface area contributed by atoms with Gasteiger partial charge in [0.2, 0.25) is 5.91 Å². The number of carboxylic acids is 1. The Labute approximate surface area is 316 Å². The van der Waals surface area contributed by atoms with Crippen LogP contribution < -0.4 is 10.9 Å². The van der Waals surface area contributed by atoms with Crippen LogP contribution in [0.1, 0.15) is 128 Å². The van der Waals surface area contributed by atoms with Crippen LogP contribution in [0, 0.1) is 28.6 Å². The summed E-state index contributed by atoms with van der Waals surface area (Å²) in [6.45, 7) is 5.88. The van der Waals surface area contributed by atoms with E-state index in [0.717, 1.165) is 69.0 Å². The number of imidazole rings is 1. The van der Waals surface area contributed by atoms with Gasteiger partial charge in [0.25, 0.3) is 0 Å². The molecule has 0 spiro atoms. The summed E-state index contributed by atoms with van der Waals surface area (Å²) < 4.78 is 18.9. The van der Waals surface area contributed by atoms with E-state index in [-0.39, 0.29) is 54.0 Å². The van der Waals surface area contributed by atoms with Crippen molar-refractivity contribution in [1.29, 1.82) is 0 Å². The highest BCUT2D eigenvalue weighted by atomic mass is 16.5. The molecule has 4 aliphatic rings. The summed E-state index contributed by atoms with van der Waals surface area (Å²) in [6.07, 6.45) is 13.8. The van der Waals surface area contributed by atoms with Crippen molar-refractivity contribution in [3.63, 3.8) is 0 Å². The Morgan fingerprint density at radius 1 is 1.02 bits per heavy atom. The molecule has 296 valence electrons. The standard InChI is InChI=1S/C41H57N3O10/c1-25(45)53-33-21-41(51)31-13-12-27-19-29(15-17-39(27,2)30(31)16-18-40(41,3)37(33)26-11-14-35(47)52-23-26)54-36(48)10-8-6-5-7-9-34(46)43-32(38(49)50)20-28-22-42-24-44(28)4/h11,14,22-24,27,29-33,37,51H,5-10,12-13,15-21H2,1-4H3,(H,43,46)(H,49,50). The summed E-state index contributed by atoms with van der Waals surface area (Å²) in [6, 6.07) is 2.11. The molecule has 2 heterocycles. The number of carbonyl (C=O) groups excluding carboxylic acids is 3. The molecule has 6 rings (SSSR count). The van der Waals surface area contributed by atoms with E-state index in [2.05, 4.69) is 24.1 Å². The number of carbonyl (C=O) groups is 4. The number of nitrogens with zero attached hydrogens (tertiary/aromatic N) is 2. The van der Waals surface area contributed by atoms with Crippen molar-refractivity contribution < 1.29 is 43.3 Å². The molecule has 4 saturated carbocycles. The molecule has 0 aliphatic heterocycles. The normalized spacial score (nSPS) is 33.4. The lowest BCUT2D eigenvalue weighted by atomic mass is 9.43. The Morgan fingerprint density at radius 3 is 2.44 bits per heavy atom. The Bertz CT molecular complexity index is 1740. The first-order valence-electron chi connectivity index (χ1n) is 19.8. The zero-order valence-electron chi connectivity index (χ0n) is 32.1. The number of carboxylic acid groups (broad SMARTS) is 1. The average molecular weight is 752 g/mol. The molecule has 10 atom stereocenters. The number of aliphatic hydroxyl groups is 1. The van der Waals surface area contributed by atoms with E-state index in [1.54, 1.807) is 30.2 Å². The minimum Gasteiger partial charge on any atom is -0.480 e. The molecule has 13 heteroatoms. The summed E-state index contributed by atoms with van der Waals surface area (Å²) in [7, 11) is 1.78. The van der Waals surface area contributed by atoms with Gasteiger partial charge in [-0.05, 0) is 92.6 Å². The van der Waals surface area contributed by atoms with Gasteiger partial charge in [-0.15, -0.1) is 0 Å². The monoisotopic (exact) mass is 751 g/mol. The lowest BCUT2D eigenvalue weighted by Gasteiger charge is -2.63. The lowest BCUT2D eigenvalue weighted by Crippen LogP contribution is -2.62. The van der Waals surface area contributed by atoms with Gasteiger partial charge in [0.05, 0.1) is 18.2 Å². The molecule has 0 saturated heterocycles. The smallest absolute Gasteiger partial charge is 0.335 e. The number of hydrogen-bond donors (Lipinski definition) is 3. The minimum atomic E-state index is -1.09. The quantitative estimate of drug-likeness (QED) is 0.170. The van der Waals surface area contributed by atoms with Crippen LogP contribution in [-0.4, -0.2) is 67.4 Å². The van der Waals surface area contributed by atoms with Crippen LogP contribution >= 0.6 is 0 Å². The molecule has 0 bridgehead atoms. The number of aromatic nitrogens is 2. The minimum absolute atomic E-state index is 0.00718. The SMILES string of the molecule is CC(=O)OC1CC2(O)C3CCC4CC(OC(=O)CCCCCCC(=O)NC(Cc5cncn5C)C(=O)O)CCC4(C)C3CCC2(C)C1c1ccc(=O)oc1. The third-order valence-electron chi connectivity index (χ3n) is 14.0. The average Bonchev–Trinajstić information content (AvgIpc) is 3.62. The fourth-order valence-corrected chi connectivity index (χ4v) is 11.2. The van der Waals surface area contributed by atoms with Gasteiger partial charge in [-0.3, -0.25) is 14.4 Å². The zero-order valence-corrected chi connectivity index (χ0v) is 32.1. The van der Waals surface area contributed by atoms with Gasteiger partial charge in [-0.25, -0.2) is 14.6 Å². The van der Waals surface area contributed by atoms with Gasteiger partial charge >= 0.3 is 23.5 Å². The molecule has 4 aliphatic carbocycles. The van der Waals surface area contributed by atoms with Gasteiger partial charge in [0.15, 0.2) is 0 Å². The van der Waals surface area contributed by atoms with Gasteiger partial charge in [0.1, 0.15) is 18.2 Å². The second-order valence-corrected chi connectivity index (χ2v) is 17.1. The first kappa shape index (κ1) is 39.7. The maximum Gasteiger partial charge on any atom is 0.335 e. The Balaban J connectivity index is 0.963. The third kappa shape index (κ3) is 7.88. The summed E-state index contributed by atoms with van der Waals surface area (Å²) in [5.41, 5.74) is -0.587. The first-order valence-corrected chi connectivity index (χ1v) is 19.8. The van der Waals surface area contributed by atoms with Crippen LogP contribution in [0.25, 0.3) is 0 Å². The molecular weight excluding hydrogens is 694 g/mol. The Hall–Kier alpha value is -4.00. The summed E-state index contributed by atoms with van der Waals surface area (Å²) >= 11 is 0. The summed E-state index contributed by atoms with van der Waals surface area (Å²) in [5, 5.41) is 24.9. The first-order chi connectivity index (χ1) is 25.6. The number of esters is 2. The van der Waals surface area contributed by atoms with Crippen molar-refractivity contribution in [2.45, 2.75) is 147 Å². The number of fused-ring (bicyclic) bond motifs is 5. The van der Waals surface area contributed by atoms with E-state index >= 15 is 0 Å². The van der Waals surface area contributed by atoms with Gasteiger partial charge < -0.3 is 34.0 Å². The van der Waals surface area contributed by atoms with Crippen LogP contribution in [0.5, 0.6) is 0 Å². The second kappa shape index (κ2) is 16.0. The van der Waals surface area contributed by atoms with E-state index in [4.69, 9.17) is 13.9 Å². The molecule has 13 nitrogen and oxygen atoms in total. The molecule has 2 aromatic heterocycles. The lowest BCUT2D eigenvalue weighted by molar-refractivity contribution is -0.207. The Morgan fingerprint density at radius 2 is 1.78 bits per heavy atom. The van der Waals surface area contributed by atoms with E-state index in [0.29, 0.717) is 31.6 Å². The van der Waals surface area contributed by atoms with Crippen molar-refractivity contribution in [3.05, 3.63) is 52.6 Å². The van der Waals surface area contributed by atoms with Gasteiger partial charge in [0, 0.05) is 68.9 Å². The molecular formula is C41H57N3O10. The number of amides is 1. The van der Waals surface area contributed by atoms with Crippen LogP contribution in [0.15, 0.2) is 40.1 Å². The van der Waals surface area contributed by atoms with Crippen LogP contribution in [0.3, 0.4) is 0 Å². The van der Waals surface area contributed by atoms with Crippen molar-refractivity contribution >= 4 is 23.8 Å². The number of ether oxygens (including phenoxy) is 2. The third-order valence-corrected chi connectivity index (χ3v) is 14.0. The fourth-order valence-electron chi connectivity index (χ4n) is 11.2. The van der Waals surface area contributed by atoms with Gasteiger partial charge in [-0.1, -0.05) is 26.7 Å². The van der Waals surface area contributed by atoms with Crippen molar-refractivity contribution in [2.24, 2.45) is 35.6 Å². The van der Waals surface area contributed by atoms with Crippen molar-refractivity contribution in [1.82, 2.24) is 14.9 Å². The number of nitrogens with one attached hydrogen (secondary N) is 1. The van der Waals surface area contributed by atoms with Crippen LogP contribution in [0.4, 0.5) is 0 Å². The predicted molar refractivity (Wildman–Crippen MR) is 196 cm³/mol. The molecule has 0 aromatic carbocycles. The number of rotatable bonds is 14. The number of aryl methyl sites for hydroxylation is 1. The highest BCUT2D eigenvalue weighted by molar-refractivity contribution is 5.83. The number of aliphatic carboxylic acids is 1. The molecule has 1 amide bonds. The number of hydrogen-bond acceptors (Lipinski definition) is 10. The zero-order chi connectivity index (χ0) is 38.8. The molecule has 54 heavy (non-hydrogen) atoms. The van der Waals surface area contributed by atoms with E-state index in [1.807, 2.05) is 0 Å². The van der Waals surface area contributed by atoms with Crippen LogP contribution in [0.2, 0.25) is 0 Å². The molecule has 3 N–H and O–H groups in total. The topological polar surface area (TPSA) is 187 Å². The van der Waals surface area contributed by atoms with E-state index in [9.17, 15) is 34.2 Å². The van der Waals surface area contributed by atoms with E-state index < -0.39 is 40.7 Å². The van der Waals surface area contributed by atoms with Crippen molar-refractivity contribution in [2.75, 3.05) is 0 Å². The predicted octanol–water partition coefficient (Wildman–Crippen LogP) is 5.22. The van der Waals surface area contributed by atoms with Gasteiger partial charge in [-0.2, -0.15) is 0 Å². The van der Waals surface area contributed by atoms with Crippen LogP contribution in [-0.2, 0) is 42.1 Å². The second-order valence-electron chi connectivity index (χ2n) is 17.1. The maximum atomic E-state index is 12.9. The molecule has 2 aromatic rings. The highest BCUT2D eigenvalue weighted by Crippen LogP contribution is 2.71. The molecule has 10 unspecified atom stereocenters. The van der Waals surface area contributed by atoms with E-state index in [1.165, 1.54) is 19.3 Å². The number of unbranched alkanes of at least 4 members (excludes halogenated alkanes) is 3. The molecule has 0 radical (unpaired) electrons. The summed E-state index contributed by atoms with van der Waals surface area (Å²) in [4.78, 5) is 65.0.